The highest BCUT2D eigenvalue weighted by Gasteiger charge is 2.12. The van der Waals surface area contributed by atoms with Gasteiger partial charge >= 0.3 is 0 Å². The van der Waals surface area contributed by atoms with E-state index in [1.54, 1.807) is 6.07 Å². The molecule has 0 aliphatic carbocycles. The first-order valence-corrected chi connectivity index (χ1v) is 5.93. The van der Waals surface area contributed by atoms with Crippen LogP contribution in [0.15, 0.2) is 24.3 Å². The Hall–Kier alpha value is -1.06. The topological polar surface area (TPSA) is 26.7 Å². The van der Waals surface area contributed by atoms with E-state index in [0.717, 1.165) is 26.2 Å². The van der Waals surface area contributed by atoms with Crippen molar-refractivity contribution in [2.75, 3.05) is 33.2 Å². The normalized spacial score (nSPS) is 19.6. The van der Waals surface area contributed by atoms with Crippen LogP contribution in [0, 0.1) is 0 Å². The summed E-state index contributed by atoms with van der Waals surface area (Å²) in [6.07, 6.45) is 1.23. The molecule has 0 bridgehead atoms. The molecule has 0 amide bonds. The number of rotatable bonds is 2. The molecule has 2 rings (SSSR count). The van der Waals surface area contributed by atoms with E-state index in [1.807, 2.05) is 12.1 Å². The molecular formula is C13H20N2O. The van der Waals surface area contributed by atoms with Gasteiger partial charge in [-0.05, 0) is 44.3 Å². The first kappa shape index (κ1) is 11.4. The first-order valence-electron chi connectivity index (χ1n) is 5.93. The Bertz CT molecular complexity index is 340. The summed E-state index contributed by atoms with van der Waals surface area (Å²) in [5.74, 6) is 0.365. The van der Waals surface area contributed by atoms with Crippen molar-refractivity contribution < 1.29 is 5.11 Å². The lowest BCUT2D eigenvalue weighted by Crippen LogP contribution is -2.28. The fourth-order valence-corrected chi connectivity index (χ4v) is 2.17. The van der Waals surface area contributed by atoms with Crippen molar-refractivity contribution in [2.45, 2.75) is 13.0 Å². The van der Waals surface area contributed by atoms with Crippen LogP contribution in [0.1, 0.15) is 12.0 Å². The maximum atomic E-state index is 9.41. The fraction of sp³-hybridized carbons (Fsp3) is 0.538. The highest BCUT2D eigenvalue weighted by molar-refractivity contribution is 5.26. The van der Waals surface area contributed by atoms with Gasteiger partial charge < -0.3 is 10.0 Å². The molecule has 1 aliphatic heterocycles. The molecule has 0 saturated carbocycles. The second-order valence-electron chi connectivity index (χ2n) is 4.60. The van der Waals surface area contributed by atoms with Gasteiger partial charge in [0, 0.05) is 19.6 Å². The molecule has 1 heterocycles. The Kier molecular flexibility index (Phi) is 3.80. The van der Waals surface area contributed by atoms with Crippen molar-refractivity contribution >= 4 is 0 Å². The van der Waals surface area contributed by atoms with E-state index in [-0.39, 0.29) is 0 Å². The van der Waals surface area contributed by atoms with Gasteiger partial charge in [-0.2, -0.15) is 0 Å². The summed E-state index contributed by atoms with van der Waals surface area (Å²) < 4.78 is 0. The van der Waals surface area contributed by atoms with Crippen LogP contribution in [0.25, 0.3) is 0 Å². The largest absolute Gasteiger partial charge is 0.508 e. The predicted molar refractivity (Wildman–Crippen MR) is 65.5 cm³/mol. The van der Waals surface area contributed by atoms with Gasteiger partial charge in [0.1, 0.15) is 5.75 Å². The SMILES string of the molecule is CN1CCCN(Cc2cccc(O)c2)CC1. The molecule has 1 aromatic carbocycles. The van der Waals surface area contributed by atoms with E-state index >= 15 is 0 Å². The maximum Gasteiger partial charge on any atom is 0.115 e. The van der Waals surface area contributed by atoms with E-state index in [2.05, 4.69) is 22.9 Å². The molecular weight excluding hydrogens is 200 g/mol. The van der Waals surface area contributed by atoms with Crippen LogP contribution in [0.2, 0.25) is 0 Å². The second-order valence-corrected chi connectivity index (χ2v) is 4.60. The molecule has 1 saturated heterocycles. The van der Waals surface area contributed by atoms with Crippen LogP contribution in [0.3, 0.4) is 0 Å². The summed E-state index contributed by atoms with van der Waals surface area (Å²) >= 11 is 0. The van der Waals surface area contributed by atoms with Gasteiger partial charge in [0.2, 0.25) is 0 Å². The average molecular weight is 220 g/mol. The van der Waals surface area contributed by atoms with Gasteiger partial charge in [-0.25, -0.2) is 0 Å². The average Bonchev–Trinajstić information content (AvgIpc) is 2.44. The van der Waals surface area contributed by atoms with Gasteiger partial charge in [0.15, 0.2) is 0 Å². The van der Waals surface area contributed by atoms with Crippen molar-refractivity contribution in [3.63, 3.8) is 0 Å². The Morgan fingerprint density at radius 1 is 1.19 bits per heavy atom. The number of benzene rings is 1. The lowest BCUT2D eigenvalue weighted by Gasteiger charge is -2.20. The summed E-state index contributed by atoms with van der Waals surface area (Å²) in [6, 6.07) is 7.57. The van der Waals surface area contributed by atoms with Crippen molar-refractivity contribution in [1.29, 1.82) is 0 Å². The Labute approximate surface area is 97.3 Å². The van der Waals surface area contributed by atoms with Crippen LogP contribution in [0.5, 0.6) is 5.75 Å². The highest BCUT2D eigenvalue weighted by atomic mass is 16.3. The van der Waals surface area contributed by atoms with E-state index in [4.69, 9.17) is 0 Å². The monoisotopic (exact) mass is 220 g/mol. The molecule has 0 radical (unpaired) electrons. The third-order valence-corrected chi connectivity index (χ3v) is 3.13. The smallest absolute Gasteiger partial charge is 0.115 e. The van der Waals surface area contributed by atoms with Crippen LogP contribution in [-0.4, -0.2) is 48.1 Å². The second kappa shape index (κ2) is 5.32. The number of nitrogens with zero attached hydrogens (tertiary/aromatic N) is 2. The summed E-state index contributed by atoms with van der Waals surface area (Å²) in [5.41, 5.74) is 1.20. The van der Waals surface area contributed by atoms with Crippen LogP contribution >= 0.6 is 0 Å². The number of likely N-dealkylation sites (N-methyl/N-ethyl adjacent to an activating group) is 1. The summed E-state index contributed by atoms with van der Waals surface area (Å²) in [5, 5.41) is 9.41. The maximum absolute atomic E-state index is 9.41. The molecule has 0 spiro atoms. The standard InChI is InChI=1S/C13H20N2O/c1-14-6-3-7-15(9-8-14)11-12-4-2-5-13(16)10-12/h2,4-5,10,16H,3,6-9,11H2,1H3. The molecule has 88 valence electrons. The summed E-state index contributed by atoms with van der Waals surface area (Å²) in [4.78, 5) is 4.83. The molecule has 0 unspecified atom stereocenters. The van der Waals surface area contributed by atoms with Gasteiger partial charge in [-0.3, -0.25) is 4.90 Å². The van der Waals surface area contributed by atoms with Crippen LogP contribution in [0.4, 0.5) is 0 Å². The zero-order valence-electron chi connectivity index (χ0n) is 9.89. The van der Waals surface area contributed by atoms with E-state index < -0.39 is 0 Å². The Balaban J connectivity index is 1.93. The van der Waals surface area contributed by atoms with Crippen LogP contribution < -0.4 is 0 Å². The zero-order valence-corrected chi connectivity index (χ0v) is 9.89. The number of phenols is 1. The molecule has 1 N–H and O–H groups in total. The van der Waals surface area contributed by atoms with Gasteiger partial charge in [-0.15, -0.1) is 0 Å². The molecule has 1 fully saturated rings. The lowest BCUT2D eigenvalue weighted by atomic mass is 10.2. The molecule has 16 heavy (non-hydrogen) atoms. The van der Waals surface area contributed by atoms with Crippen molar-refractivity contribution in [2.24, 2.45) is 0 Å². The number of hydrogen-bond acceptors (Lipinski definition) is 3. The molecule has 3 nitrogen and oxygen atoms in total. The van der Waals surface area contributed by atoms with E-state index in [1.165, 1.54) is 18.5 Å². The van der Waals surface area contributed by atoms with Gasteiger partial charge in [-0.1, -0.05) is 12.1 Å². The molecule has 0 atom stereocenters. The number of phenolic OH excluding ortho intramolecular Hbond substituents is 1. The highest BCUT2D eigenvalue weighted by Crippen LogP contribution is 2.13. The van der Waals surface area contributed by atoms with Crippen molar-refractivity contribution in [1.82, 2.24) is 9.80 Å². The Morgan fingerprint density at radius 2 is 2.06 bits per heavy atom. The first-order chi connectivity index (χ1) is 7.74. The van der Waals surface area contributed by atoms with Gasteiger partial charge in [0.05, 0.1) is 0 Å². The molecule has 1 aliphatic rings. The minimum Gasteiger partial charge on any atom is -0.508 e. The summed E-state index contributed by atoms with van der Waals surface area (Å²) in [6.45, 7) is 5.55. The third-order valence-electron chi connectivity index (χ3n) is 3.13. The quantitative estimate of drug-likeness (QED) is 0.819. The molecule has 0 aromatic heterocycles. The van der Waals surface area contributed by atoms with E-state index in [9.17, 15) is 5.11 Å². The lowest BCUT2D eigenvalue weighted by molar-refractivity contribution is 0.269. The number of hydrogen-bond donors (Lipinski definition) is 1. The van der Waals surface area contributed by atoms with E-state index in [0.29, 0.717) is 5.75 Å². The number of aromatic hydroxyl groups is 1. The summed E-state index contributed by atoms with van der Waals surface area (Å²) in [7, 11) is 2.18. The minimum atomic E-state index is 0.365. The van der Waals surface area contributed by atoms with Crippen LogP contribution in [-0.2, 0) is 6.54 Å². The minimum absolute atomic E-state index is 0.365. The van der Waals surface area contributed by atoms with Gasteiger partial charge in [0.25, 0.3) is 0 Å². The molecule has 3 heteroatoms. The Morgan fingerprint density at radius 3 is 2.88 bits per heavy atom. The predicted octanol–water partition coefficient (Wildman–Crippen LogP) is 1.53. The molecule has 1 aromatic rings. The van der Waals surface area contributed by atoms with Crippen molar-refractivity contribution in [3.05, 3.63) is 29.8 Å². The fourth-order valence-electron chi connectivity index (χ4n) is 2.17. The zero-order chi connectivity index (χ0) is 11.4. The van der Waals surface area contributed by atoms with Crippen molar-refractivity contribution in [3.8, 4) is 5.75 Å². The third kappa shape index (κ3) is 3.22.